The number of nitrogens with one attached hydrogen (secondary N) is 1. The number of methoxy groups -OCH3 is 2. The van der Waals surface area contributed by atoms with Crippen LogP contribution in [0.25, 0.3) is 0 Å². The number of carbonyl (C=O) groups excluding carboxylic acids is 1. The van der Waals surface area contributed by atoms with Crippen LogP contribution in [0.3, 0.4) is 0 Å². The highest BCUT2D eigenvalue weighted by molar-refractivity contribution is 7.99. The molecule has 1 atom stereocenters. The summed E-state index contributed by atoms with van der Waals surface area (Å²) in [5.74, 6) is 2.21. The summed E-state index contributed by atoms with van der Waals surface area (Å²) in [7, 11) is 2.98. The van der Waals surface area contributed by atoms with Crippen LogP contribution < -0.4 is 14.8 Å². The lowest BCUT2D eigenvalue weighted by atomic mass is 9.95. The molecule has 0 saturated heterocycles. The van der Waals surface area contributed by atoms with E-state index in [1.54, 1.807) is 11.8 Å². The Morgan fingerprint density at radius 2 is 1.94 bits per heavy atom. The number of aromatic nitrogens is 3. The molecule has 0 spiro atoms. The highest BCUT2D eigenvalue weighted by Gasteiger charge is 2.35. The molecule has 0 fully saturated rings. The molecule has 178 valence electrons. The van der Waals surface area contributed by atoms with Gasteiger partial charge in [-0.1, -0.05) is 55.1 Å². The van der Waals surface area contributed by atoms with E-state index in [1.807, 2.05) is 50.2 Å². The van der Waals surface area contributed by atoms with Gasteiger partial charge in [0.25, 0.3) is 0 Å². The van der Waals surface area contributed by atoms with Crippen LogP contribution in [-0.2, 0) is 16.0 Å². The van der Waals surface area contributed by atoms with Crippen LogP contribution in [0, 0.1) is 0 Å². The van der Waals surface area contributed by atoms with E-state index in [-0.39, 0.29) is 0 Å². The van der Waals surface area contributed by atoms with Crippen molar-refractivity contribution in [2.24, 2.45) is 0 Å². The normalized spacial score (nSPS) is 14.9. The lowest BCUT2D eigenvalue weighted by Gasteiger charge is -2.28. The standard InChI is InChI=1S/C25H28N4O4S/c1-5-34-25-27-24-26-16(2)21(23(30)32-4)22(29(24)28-25)18-11-12-19(20(15-18)31-3)33-14-13-17-9-7-6-8-10-17/h6-12,15,22H,5,13-14H2,1-4H3,(H,26,27,28). The fourth-order valence-electron chi connectivity index (χ4n) is 3.90. The number of hydrogen-bond donors (Lipinski definition) is 1. The molecular weight excluding hydrogens is 452 g/mol. The first-order chi connectivity index (χ1) is 16.5. The Morgan fingerprint density at radius 1 is 1.15 bits per heavy atom. The van der Waals surface area contributed by atoms with Gasteiger partial charge in [-0.2, -0.15) is 4.98 Å². The van der Waals surface area contributed by atoms with Crippen molar-refractivity contribution in [1.82, 2.24) is 14.8 Å². The minimum atomic E-state index is -0.519. The van der Waals surface area contributed by atoms with Crippen molar-refractivity contribution in [3.8, 4) is 11.5 Å². The maximum Gasteiger partial charge on any atom is 0.338 e. The number of allylic oxidation sites excluding steroid dienone is 1. The Kier molecular flexibility index (Phi) is 7.42. The Hall–Kier alpha value is -3.46. The molecule has 1 unspecified atom stereocenters. The minimum absolute atomic E-state index is 0.428. The molecule has 9 heteroatoms. The van der Waals surface area contributed by atoms with E-state index in [9.17, 15) is 4.79 Å². The fourth-order valence-corrected chi connectivity index (χ4v) is 4.46. The molecule has 1 aliphatic rings. The van der Waals surface area contributed by atoms with Gasteiger partial charge in [0.15, 0.2) is 11.5 Å². The molecule has 8 nitrogen and oxygen atoms in total. The average Bonchev–Trinajstić information content (AvgIpc) is 3.25. The third-order valence-corrected chi connectivity index (χ3v) is 6.23. The van der Waals surface area contributed by atoms with Crippen LogP contribution in [0.5, 0.6) is 11.5 Å². The number of nitrogens with zero attached hydrogens (tertiary/aromatic N) is 3. The SMILES string of the molecule is CCSc1nc2n(n1)C(c1ccc(OCCc3ccccc3)c(OC)c1)C(C(=O)OC)=C(C)N2. The van der Waals surface area contributed by atoms with Crippen LogP contribution in [-0.4, -0.2) is 47.3 Å². The molecule has 1 aliphatic heterocycles. The van der Waals surface area contributed by atoms with Crippen molar-refractivity contribution in [3.63, 3.8) is 0 Å². The molecule has 34 heavy (non-hydrogen) atoms. The number of carbonyl (C=O) groups is 1. The molecule has 0 aliphatic carbocycles. The van der Waals surface area contributed by atoms with E-state index < -0.39 is 12.0 Å². The third kappa shape index (κ3) is 4.89. The highest BCUT2D eigenvalue weighted by Crippen LogP contribution is 2.39. The zero-order valence-corrected chi connectivity index (χ0v) is 20.5. The molecule has 1 aromatic heterocycles. The minimum Gasteiger partial charge on any atom is -0.493 e. The Morgan fingerprint density at radius 3 is 2.65 bits per heavy atom. The second kappa shape index (κ2) is 10.6. The van der Waals surface area contributed by atoms with Gasteiger partial charge in [-0.15, -0.1) is 5.10 Å². The number of ether oxygens (including phenoxy) is 3. The largest absolute Gasteiger partial charge is 0.493 e. The first kappa shape index (κ1) is 23.7. The van der Waals surface area contributed by atoms with Crippen LogP contribution >= 0.6 is 11.8 Å². The molecule has 1 N–H and O–H groups in total. The topological polar surface area (TPSA) is 87.5 Å². The number of thioether (sulfide) groups is 1. The van der Waals surface area contributed by atoms with E-state index in [0.717, 1.165) is 17.7 Å². The summed E-state index contributed by atoms with van der Waals surface area (Å²) in [6.07, 6.45) is 0.786. The summed E-state index contributed by atoms with van der Waals surface area (Å²) in [6.45, 7) is 4.40. The second-order valence-electron chi connectivity index (χ2n) is 7.65. The van der Waals surface area contributed by atoms with Gasteiger partial charge in [-0.3, -0.25) is 0 Å². The van der Waals surface area contributed by atoms with Crippen molar-refractivity contribution >= 4 is 23.7 Å². The van der Waals surface area contributed by atoms with E-state index >= 15 is 0 Å². The molecule has 0 bridgehead atoms. The molecule has 3 aromatic rings. The molecule has 0 radical (unpaired) electrons. The molecule has 2 aromatic carbocycles. The van der Waals surface area contributed by atoms with Crippen molar-refractivity contribution in [2.75, 3.05) is 31.9 Å². The molecular formula is C25H28N4O4S. The smallest absolute Gasteiger partial charge is 0.338 e. The zero-order chi connectivity index (χ0) is 24.1. The van der Waals surface area contributed by atoms with Gasteiger partial charge in [-0.05, 0) is 35.9 Å². The summed E-state index contributed by atoms with van der Waals surface area (Å²) in [5, 5.41) is 8.48. The number of rotatable bonds is 9. The average molecular weight is 481 g/mol. The van der Waals surface area contributed by atoms with Gasteiger partial charge in [0.1, 0.15) is 6.04 Å². The van der Waals surface area contributed by atoms with Gasteiger partial charge in [-0.25, -0.2) is 9.48 Å². The maximum absolute atomic E-state index is 12.8. The number of benzene rings is 2. The van der Waals surface area contributed by atoms with Gasteiger partial charge in [0, 0.05) is 12.1 Å². The Balaban J connectivity index is 1.66. The second-order valence-corrected chi connectivity index (χ2v) is 8.88. The monoisotopic (exact) mass is 480 g/mol. The van der Waals surface area contributed by atoms with Crippen LogP contribution in [0.1, 0.15) is 31.0 Å². The number of fused-ring (bicyclic) bond motifs is 1. The van der Waals surface area contributed by atoms with Crippen molar-refractivity contribution in [3.05, 3.63) is 70.9 Å². The maximum atomic E-state index is 12.8. The van der Waals surface area contributed by atoms with Gasteiger partial charge >= 0.3 is 5.97 Å². The van der Waals surface area contributed by atoms with Crippen LogP contribution in [0.2, 0.25) is 0 Å². The summed E-state index contributed by atoms with van der Waals surface area (Å²) >= 11 is 1.54. The summed E-state index contributed by atoms with van der Waals surface area (Å²) in [6, 6.07) is 15.3. The van der Waals surface area contributed by atoms with Crippen LogP contribution in [0.4, 0.5) is 5.95 Å². The first-order valence-electron chi connectivity index (χ1n) is 11.1. The van der Waals surface area contributed by atoms with Gasteiger partial charge in [0.2, 0.25) is 11.1 Å². The highest BCUT2D eigenvalue weighted by atomic mass is 32.2. The predicted molar refractivity (Wildman–Crippen MR) is 132 cm³/mol. The van der Waals surface area contributed by atoms with E-state index in [2.05, 4.69) is 27.5 Å². The van der Waals surface area contributed by atoms with Gasteiger partial charge in [0.05, 0.1) is 26.4 Å². The summed E-state index contributed by atoms with van der Waals surface area (Å²) in [5.41, 5.74) is 3.16. The van der Waals surface area contributed by atoms with Crippen LogP contribution in [0.15, 0.2) is 65.0 Å². The van der Waals surface area contributed by atoms with Crippen molar-refractivity contribution in [1.29, 1.82) is 0 Å². The van der Waals surface area contributed by atoms with Crippen molar-refractivity contribution < 1.29 is 19.0 Å². The first-order valence-corrected chi connectivity index (χ1v) is 12.0. The molecule has 0 saturated carbocycles. The number of anilines is 1. The molecule has 0 amide bonds. The van der Waals surface area contributed by atoms with E-state index in [0.29, 0.717) is 40.5 Å². The fraction of sp³-hybridized carbons (Fsp3) is 0.320. The van der Waals surface area contributed by atoms with Crippen molar-refractivity contribution in [2.45, 2.75) is 31.5 Å². The van der Waals surface area contributed by atoms with Gasteiger partial charge < -0.3 is 19.5 Å². The quantitative estimate of drug-likeness (QED) is 0.354. The van der Waals surface area contributed by atoms with E-state index in [4.69, 9.17) is 14.2 Å². The number of hydrogen-bond acceptors (Lipinski definition) is 8. The lowest BCUT2D eigenvalue weighted by Crippen LogP contribution is -2.29. The third-order valence-electron chi connectivity index (χ3n) is 5.51. The molecule has 4 rings (SSSR count). The van der Waals surface area contributed by atoms with E-state index in [1.165, 1.54) is 24.4 Å². The zero-order valence-electron chi connectivity index (χ0n) is 19.7. The summed E-state index contributed by atoms with van der Waals surface area (Å²) in [4.78, 5) is 17.3. The summed E-state index contributed by atoms with van der Waals surface area (Å²) < 4.78 is 18.5. The molecule has 2 heterocycles. The lowest BCUT2D eigenvalue weighted by molar-refractivity contribution is -0.136. The Bertz CT molecular complexity index is 1190. The number of esters is 1. The predicted octanol–water partition coefficient (Wildman–Crippen LogP) is 4.48. The Labute approximate surface area is 203 Å².